The lowest BCUT2D eigenvalue weighted by molar-refractivity contribution is -0.0517. The third-order valence-corrected chi connectivity index (χ3v) is 19.4. The van der Waals surface area contributed by atoms with Gasteiger partial charge in [-0.3, -0.25) is 0 Å². The summed E-state index contributed by atoms with van der Waals surface area (Å²) in [6.45, 7) is 0. The van der Waals surface area contributed by atoms with Gasteiger partial charge in [0.2, 0.25) is 0 Å². The molecular formula is C79H51F3O3S2. The maximum Gasteiger partial charge on any atom is 0.485 e. The second-order valence-electron chi connectivity index (χ2n) is 21.5. The molecular weight excluding hydrogens is 1120 g/mol. The van der Waals surface area contributed by atoms with Crippen LogP contribution in [0.4, 0.5) is 13.2 Å². The van der Waals surface area contributed by atoms with Crippen molar-refractivity contribution in [1.82, 2.24) is 0 Å². The molecule has 0 saturated carbocycles. The molecule has 0 spiro atoms. The van der Waals surface area contributed by atoms with Crippen LogP contribution in [-0.2, 0) is 21.0 Å². The zero-order valence-electron chi connectivity index (χ0n) is 46.6. The number of benzene rings is 15. The molecule has 0 bridgehead atoms. The Morgan fingerprint density at radius 1 is 0.264 bits per heavy atom. The molecule has 15 aromatic rings. The van der Waals surface area contributed by atoms with E-state index in [1.165, 1.54) is 146 Å². The summed E-state index contributed by atoms with van der Waals surface area (Å²) in [5, 5.41) is 14.6. The number of rotatable bonds is 9. The van der Waals surface area contributed by atoms with Gasteiger partial charge in [-0.15, -0.1) is 0 Å². The van der Waals surface area contributed by atoms with Crippen LogP contribution < -0.4 is 0 Å². The van der Waals surface area contributed by atoms with Crippen LogP contribution in [0.3, 0.4) is 0 Å². The molecule has 0 N–H and O–H groups in total. The highest BCUT2D eigenvalue weighted by Crippen LogP contribution is 2.54. The van der Waals surface area contributed by atoms with Crippen LogP contribution in [-0.4, -0.2) is 18.5 Å². The summed E-state index contributed by atoms with van der Waals surface area (Å²) in [4.78, 5) is 3.80. The Labute approximate surface area is 505 Å². The highest BCUT2D eigenvalue weighted by atomic mass is 32.2. The predicted octanol–water partition coefficient (Wildman–Crippen LogP) is 21.8. The molecule has 0 aliphatic heterocycles. The van der Waals surface area contributed by atoms with Crippen molar-refractivity contribution in [2.45, 2.75) is 20.2 Å². The van der Waals surface area contributed by atoms with Crippen LogP contribution in [0.5, 0.6) is 0 Å². The van der Waals surface area contributed by atoms with Gasteiger partial charge >= 0.3 is 5.51 Å². The molecule has 0 aliphatic carbocycles. The molecule has 0 fully saturated rings. The summed E-state index contributed by atoms with van der Waals surface area (Å²) in [6, 6.07) is 116. The van der Waals surface area contributed by atoms with Crippen molar-refractivity contribution in [3.8, 4) is 66.8 Å². The lowest BCUT2D eigenvalue weighted by atomic mass is 9.88. The van der Waals surface area contributed by atoms with Gasteiger partial charge < -0.3 is 4.55 Å². The minimum Gasteiger partial charge on any atom is -0.741 e. The minimum atomic E-state index is -6.09. The Morgan fingerprint density at radius 3 is 0.724 bits per heavy atom. The fourth-order valence-corrected chi connectivity index (χ4v) is 15.2. The third kappa shape index (κ3) is 10.3. The van der Waals surface area contributed by atoms with Gasteiger partial charge in [0, 0.05) is 22.3 Å². The number of halogens is 3. The van der Waals surface area contributed by atoms with Crippen LogP contribution in [0.1, 0.15) is 0 Å². The second-order valence-corrected chi connectivity index (χ2v) is 24.8. The van der Waals surface area contributed by atoms with E-state index >= 15 is 0 Å². The van der Waals surface area contributed by atoms with Gasteiger partial charge in [0.25, 0.3) is 0 Å². The van der Waals surface area contributed by atoms with E-state index in [2.05, 4.69) is 309 Å². The molecule has 87 heavy (non-hydrogen) atoms. The zero-order valence-corrected chi connectivity index (χ0v) is 48.3. The molecule has 0 amide bonds. The number of hydrogen-bond donors (Lipinski definition) is 0. The molecule has 0 aromatic heterocycles. The van der Waals surface area contributed by atoms with E-state index in [1.54, 1.807) is 0 Å². The van der Waals surface area contributed by atoms with Gasteiger partial charge in [-0.2, -0.15) is 13.2 Å². The molecule has 3 nitrogen and oxygen atoms in total. The molecule has 0 aliphatic rings. The standard InChI is InChI=1S/C78H51S.CHF3O3S/c1-2-34-60(35-3-1)79(77-73(69-44-18-30-54-24-6-12-38-63(54)69)48-58(67-42-16-28-52-22-4-10-36-61(52)67)49-74(77)70-45-19-31-55-25-7-13-39-64(55)70)78-75(71-46-20-32-56-26-8-14-40-65(56)71)50-59(68-43-17-29-53-23-5-11-37-62(53)68)51-76(78)72-47-21-33-57-27-9-15-41-66(57)72;2-1(3,4)8(5,6)7/h1-51H;(H,5,6,7)/q+1;/p-1. The number of fused-ring (bicyclic) bond motifs is 6. The van der Waals surface area contributed by atoms with E-state index in [0.29, 0.717) is 0 Å². The molecule has 0 saturated heterocycles. The van der Waals surface area contributed by atoms with Crippen molar-refractivity contribution in [3.05, 3.63) is 309 Å². The Kier molecular flexibility index (Phi) is 14.3. The Hall–Kier alpha value is -10.1. The summed E-state index contributed by atoms with van der Waals surface area (Å²) >= 11 is 0. The van der Waals surface area contributed by atoms with Crippen molar-refractivity contribution >= 4 is 85.6 Å². The number of hydrogen-bond acceptors (Lipinski definition) is 3. The van der Waals surface area contributed by atoms with E-state index in [9.17, 15) is 13.2 Å². The van der Waals surface area contributed by atoms with Gasteiger partial charge in [0.15, 0.2) is 24.8 Å². The van der Waals surface area contributed by atoms with E-state index in [1.807, 2.05) is 0 Å². The van der Waals surface area contributed by atoms with E-state index < -0.39 is 26.5 Å². The van der Waals surface area contributed by atoms with E-state index in [4.69, 9.17) is 13.0 Å². The number of alkyl halides is 3. The molecule has 15 rings (SSSR count). The van der Waals surface area contributed by atoms with Crippen molar-refractivity contribution in [3.63, 3.8) is 0 Å². The maximum absolute atomic E-state index is 10.7. The highest BCUT2D eigenvalue weighted by molar-refractivity contribution is 7.97. The van der Waals surface area contributed by atoms with Crippen LogP contribution >= 0.6 is 0 Å². The van der Waals surface area contributed by atoms with Crippen LogP contribution in [0.15, 0.2) is 324 Å². The maximum atomic E-state index is 10.7. The molecule has 0 atom stereocenters. The average Bonchev–Trinajstić information content (AvgIpc) is 0.800. The summed E-state index contributed by atoms with van der Waals surface area (Å²) in [7, 11) is -6.91. The molecule has 15 aromatic carbocycles. The summed E-state index contributed by atoms with van der Waals surface area (Å²) in [5.41, 5.74) is 8.79. The van der Waals surface area contributed by atoms with Crippen LogP contribution in [0.2, 0.25) is 0 Å². The summed E-state index contributed by atoms with van der Waals surface area (Å²) in [5.74, 6) is 0. The topological polar surface area (TPSA) is 57.2 Å². The Bertz CT molecular complexity index is 4750. The monoisotopic (exact) mass is 1170 g/mol. The SMILES string of the molecule is O=S(=O)([O-])C(F)(F)F.c1ccc([S+](c2c(-c3cccc4ccccc34)cc(-c3cccc4ccccc34)cc2-c2cccc3ccccc23)c2c(-c3cccc4ccccc34)cc(-c3cccc4ccccc34)cc2-c2cccc3ccccc23)cc1. The quantitative estimate of drug-likeness (QED) is 0.0822. The molecule has 8 heteroatoms. The smallest absolute Gasteiger partial charge is 0.485 e. The van der Waals surface area contributed by atoms with Crippen LogP contribution in [0.25, 0.3) is 131 Å². The Morgan fingerprint density at radius 2 is 0.471 bits per heavy atom. The van der Waals surface area contributed by atoms with Crippen molar-refractivity contribution in [2.24, 2.45) is 0 Å². The molecule has 0 unspecified atom stereocenters. The summed E-state index contributed by atoms with van der Waals surface area (Å²) in [6.07, 6.45) is 0. The molecule has 0 radical (unpaired) electrons. The predicted molar refractivity (Wildman–Crippen MR) is 355 cm³/mol. The average molecular weight is 1170 g/mol. The van der Waals surface area contributed by atoms with Crippen LogP contribution in [0, 0.1) is 0 Å². The second kappa shape index (κ2) is 22.7. The lowest BCUT2D eigenvalue weighted by Crippen LogP contribution is -2.21. The van der Waals surface area contributed by atoms with E-state index in [0.717, 1.165) is 0 Å². The van der Waals surface area contributed by atoms with Gasteiger partial charge in [0.1, 0.15) is 10.9 Å². The molecule has 0 heterocycles. The largest absolute Gasteiger partial charge is 0.741 e. The first-order valence-electron chi connectivity index (χ1n) is 28.5. The Balaban J connectivity index is 0.000000781. The minimum absolute atomic E-state index is 0.818. The van der Waals surface area contributed by atoms with Crippen molar-refractivity contribution in [2.75, 3.05) is 0 Å². The van der Waals surface area contributed by atoms with Crippen molar-refractivity contribution < 1.29 is 26.1 Å². The fraction of sp³-hybridized carbons (Fsp3) is 0.0127. The van der Waals surface area contributed by atoms with Gasteiger partial charge in [-0.1, -0.05) is 273 Å². The first-order valence-corrected chi connectivity index (χ1v) is 31.2. The normalized spacial score (nSPS) is 11.9. The zero-order chi connectivity index (χ0) is 59.2. The highest BCUT2D eigenvalue weighted by Gasteiger charge is 2.42. The van der Waals surface area contributed by atoms with Crippen molar-refractivity contribution in [1.29, 1.82) is 0 Å². The first-order chi connectivity index (χ1) is 42.5. The lowest BCUT2D eigenvalue weighted by Gasteiger charge is -2.24. The summed E-state index contributed by atoms with van der Waals surface area (Å²) < 4.78 is 58.9. The van der Waals surface area contributed by atoms with Gasteiger partial charge in [-0.25, -0.2) is 8.42 Å². The van der Waals surface area contributed by atoms with E-state index in [-0.39, 0.29) is 0 Å². The first kappa shape index (κ1) is 54.8. The third-order valence-electron chi connectivity index (χ3n) is 16.4. The molecule has 418 valence electrons. The fourth-order valence-electron chi connectivity index (χ4n) is 12.5. The van der Waals surface area contributed by atoms with Gasteiger partial charge in [-0.05, 0) is 146 Å². The van der Waals surface area contributed by atoms with Gasteiger partial charge in [0.05, 0.1) is 0 Å².